The third kappa shape index (κ3) is 5.95. The summed E-state index contributed by atoms with van der Waals surface area (Å²) in [5.74, 6) is -3.22. The summed E-state index contributed by atoms with van der Waals surface area (Å²) >= 11 is 0. The highest BCUT2D eigenvalue weighted by molar-refractivity contribution is 7.87. The van der Waals surface area contributed by atoms with Crippen molar-refractivity contribution in [3.8, 4) is 0 Å². The highest BCUT2D eigenvalue weighted by Gasteiger charge is 2.59. The van der Waals surface area contributed by atoms with Crippen LogP contribution in [-0.4, -0.2) is 63.2 Å². The molecule has 2 unspecified atom stereocenters. The highest BCUT2D eigenvalue weighted by atomic mass is 32.2. The van der Waals surface area contributed by atoms with Gasteiger partial charge in [0.05, 0.1) is 12.0 Å². The zero-order valence-corrected chi connectivity index (χ0v) is 21.1. The molecule has 0 N–H and O–H groups in total. The van der Waals surface area contributed by atoms with Crippen LogP contribution in [0.25, 0.3) is 5.57 Å². The standard InChI is InChI=1S/C25H28F7NO4S/c26-21-15-20(19-5-2-1-3-6-19)7-12-23(21,37-38(34,35)25(30,31)32)36-16-18-8-13-33(14-9-18)17-22(10-4-11-22)24(27,28)29/h1-3,5-7,12,15,18,21H,4,8-11,13-14,16-17H2. The zero-order valence-electron chi connectivity index (χ0n) is 20.3. The van der Waals surface area contributed by atoms with E-state index < -0.39 is 39.2 Å². The van der Waals surface area contributed by atoms with E-state index in [1.165, 1.54) is 6.08 Å². The molecular formula is C25H28F7NO4S. The number of hydrogen-bond donors (Lipinski definition) is 0. The summed E-state index contributed by atoms with van der Waals surface area (Å²) in [5, 5.41) is 0. The third-order valence-electron chi connectivity index (χ3n) is 7.53. The summed E-state index contributed by atoms with van der Waals surface area (Å²) in [4.78, 5) is 1.71. The minimum absolute atomic E-state index is 0.0792. The van der Waals surface area contributed by atoms with Gasteiger partial charge in [-0.15, -0.1) is 0 Å². The summed E-state index contributed by atoms with van der Waals surface area (Å²) in [6, 6.07) is 8.35. The molecule has 2 atom stereocenters. The number of alkyl halides is 7. The fourth-order valence-corrected chi connectivity index (χ4v) is 5.65. The SMILES string of the molecule is O=S(=O)(OC1(OCC2CCN(CC3(C(F)(F)F)CCC3)CC2)C=CC(c2ccccc2)=CC1F)C(F)(F)F. The topological polar surface area (TPSA) is 55.8 Å². The second kappa shape index (κ2) is 10.5. The Hall–Kier alpha value is -1.96. The van der Waals surface area contributed by atoms with Crippen LogP contribution in [-0.2, 0) is 19.0 Å². The lowest BCUT2D eigenvalue weighted by Crippen LogP contribution is -2.53. The van der Waals surface area contributed by atoms with E-state index in [4.69, 9.17) is 4.74 Å². The lowest BCUT2D eigenvalue weighted by molar-refractivity contribution is -0.257. The van der Waals surface area contributed by atoms with E-state index in [-0.39, 0.29) is 31.9 Å². The van der Waals surface area contributed by atoms with E-state index in [0.717, 1.165) is 12.2 Å². The molecule has 1 aliphatic heterocycles. The molecule has 1 heterocycles. The normalized spacial score (nSPS) is 27.1. The van der Waals surface area contributed by atoms with E-state index in [9.17, 15) is 34.8 Å². The number of likely N-dealkylation sites (tertiary alicyclic amines) is 1. The number of halogens is 7. The molecule has 0 aromatic heterocycles. The largest absolute Gasteiger partial charge is 0.523 e. The average molecular weight is 572 g/mol. The van der Waals surface area contributed by atoms with Crippen LogP contribution in [0, 0.1) is 11.3 Å². The number of nitrogens with zero attached hydrogens (tertiary/aromatic N) is 1. The molecule has 0 amide bonds. The van der Waals surface area contributed by atoms with Crippen LogP contribution >= 0.6 is 0 Å². The van der Waals surface area contributed by atoms with Gasteiger partial charge in [-0.05, 0) is 68.0 Å². The van der Waals surface area contributed by atoms with Crippen molar-refractivity contribution in [1.82, 2.24) is 4.90 Å². The van der Waals surface area contributed by atoms with Gasteiger partial charge in [0.1, 0.15) is 0 Å². The molecular weight excluding hydrogens is 543 g/mol. The summed E-state index contributed by atoms with van der Waals surface area (Å²) in [5.41, 5.74) is -6.67. The number of ether oxygens (including phenoxy) is 1. The molecule has 1 saturated heterocycles. The predicted octanol–water partition coefficient (Wildman–Crippen LogP) is 6.00. The number of piperidine rings is 1. The third-order valence-corrected chi connectivity index (χ3v) is 8.57. The Balaban J connectivity index is 1.44. The first kappa shape index (κ1) is 29.0. The molecule has 38 heavy (non-hydrogen) atoms. The summed E-state index contributed by atoms with van der Waals surface area (Å²) in [7, 11) is -6.22. The van der Waals surface area contributed by atoms with Crippen molar-refractivity contribution in [2.45, 2.75) is 55.7 Å². The number of rotatable bonds is 8. The van der Waals surface area contributed by atoms with Gasteiger partial charge in [-0.25, -0.2) is 8.57 Å². The molecule has 1 aromatic carbocycles. The van der Waals surface area contributed by atoms with Crippen LogP contribution in [0.1, 0.15) is 37.7 Å². The van der Waals surface area contributed by atoms with Gasteiger partial charge in [-0.2, -0.15) is 34.8 Å². The van der Waals surface area contributed by atoms with E-state index >= 15 is 4.39 Å². The van der Waals surface area contributed by atoms with Gasteiger partial charge in [-0.1, -0.05) is 42.8 Å². The van der Waals surface area contributed by atoms with Crippen LogP contribution in [0.2, 0.25) is 0 Å². The van der Waals surface area contributed by atoms with Crippen molar-refractivity contribution in [2.24, 2.45) is 11.3 Å². The molecule has 2 aliphatic carbocycles. The van der Waals surface area contributed by atoms with Gasteiger partial charge in [0.2, 0.25) is 5.79 Å². The minimum atomic E-state index is -6.22. The van der Waals surface area contributed by atoms with Gasteiger partial charge < -0.3 is 9.64 Å². The van der Waals surface area contributed by atoms with E-state index in [2.05, 4.69) is 4.18 Å². The maximum absolute atomic E-state index is 15.4. The Morgan fingerprint density at radius 1 is 1.00 bits per heavy atom. The lowest BCUT2D eigenvalue weighted by Gasteiger charge is -2.47. The second-order valence-electron chi connectivity index (χ2n) is 10.1. The van der Waals surface area contributed by atoms with Gasteiger partial charge in [0, 0.05) is 6.54 Å². The quantitative estimate of drug-likeness (QED) is 0.166. The molecule has 0 bridgehead atoms. The zero-order chi connectivity index (χ0) is 27.8. The summed E-state index contributed by atoms with van der Waals surface area (Å²) < 4.78 is 129. The van der Waals surface area contributed by atoms with Crippen molar-refractivity contribution >= 4 is 15.7 Å². The molecule has 0 radical (unpaired) electrons. The first-order valence-corrected chi connectivity index (χ1v) is 13.6. The monoisotopic (exact) mass is 571 g/mol. The van der Waals surface area contributed by atoms with Crippen molar-refractivity contribution in [1.29, 1.82) is 0 Å². The lowest BCUT2D eigenvalue weighted by atomic mass is 9.67. The number of allylic oxidation sites excluding steroid dienone is 2. The number of benzene rings is 1. The Labute approximate surface area is 216 Å². The van der Waals surface area contributed by atoms with Gasteiger partial charge in [-0.3, -0.25) is 0 Å². The molecule has 2 fully saturated rings. The smallest absolute Gasteiger partial charge is 0.343 e. The molecule has 5 nitrogen and oxygen atoms in total. The number of hydrogen-bond acceptors (Lipinski definition) is 5. The maximum Gasteiger partial charge on any atom is 0.523 e. The van der Waals surface area contributed by atoms with E-state index in [1.54, 1.807) is 35.2 Å². The van der Waals surface area contributed by atoms with Crippen LogP contribution in [0.4, 0.5) is 30.7 Å². The van der Waals surface area contributed by atoms with Crippen LogP contribution < -0.4 is 0 Å². The summed E-state index contributed by atoms with van der Waals surface area (Å²) in [6.45, 7) is 0.134. The molecule has 13 heteroatoms. The molecule has 1 aromatic rings. The van der Waals surface area contributed by atoms with Crippen molar-refractivity contribution in [3.63, 3.8) is 0 Å². The molecule has 212 valence electrons. The highest BCUT2D eigenvalue weighted by Crippen LogP contribution is 2.53. The Morgan fingerprint density at radius 3 is 2.13 bits per heavy atom. The minimum Gasteiger partial charge on any atom is -0.343 e. The van der Waals surface area contributed by atoms with Crippen molar-refractivity contribution < 1.29 is 48.1 Å². The summed E-state index contributed by atoms with van der Waals surface area (Å²) in [6.07, 6.45) is -2.34. The Bertz CT molecular complexity index is 1140. The van der Waals surface area contributed by atoms with E-state index in [0.29, 0.717) is 43.5 Å². The first-order valence-electron chi connectivity index (χ1n) is 12.2. The molecule has 4 rings (SSSR count). The van der Waals surface area contributed by atoms with Crippen LogP contribution in [0.15, 0.2) is 48.6 Å². The van der Waals surface area contributed by atoms with Crippen molar-refractivity contribution in [3.05, 3.63) is 54.1 Å². The molecule has 3 aliphatic rings. The second-order valence-corrected chi connectivity index (χ2v) is 11.6. The van der Waals surface area contributed by atoms with Crippen LogP contribution in [0.5, 0.6) is 0 Å². The Kier molecular flexibility index (Phi) is 8.06. The van der Waals surface area contributed by atoms with E-state index in [1.807, 2.05) is 0 Å². The fourth-order valence-electron chi connectivity index (χ4n) is 5.02. The first-order chi connectivity index (χ1) is 17.7. The fraction of sp³-hybridized carbons (Fsp3) is 0.600. The Morgan fingerprint density at radius 2 is 1.63 bits per heavy atom. The van der Waals surface area contributed by atoms with Crippen LogP contribution in [0.3, 0.4) is 0 Å². The van der Waals surface area contributed by atoms with Gasteiger partial charge in [0.25, 0.3) is 0 Å². The molecule has 1 saturated carbocycles. The van der Waals surface area contributed by atoms with Gasteiger partial charge in [0.15, 0.2) is 6.17 Å². The predicted molar refractivity (Wildman–Crippen MR) is 125 cm³/mol. The molecule has 0 spiro atoms. The van der Waals surface area contributed by atoms with Gasteiger partial charge >= 0.3 is 21.8 Å². The van der Waals surface area contributed by atoms with Crippen molar-refractivity contribution in [2.75, 3.05) is 26.2 Å². The maximum atomic E-state index is 15.4. The average Bonchev–Trinajstić information content (AvgIpc) is 2.81.